The van der Waals surface area contributed by atoms with E-state index in [0.717, 1.165) is 22.3 Å². The summed E-state index contributed by atoms with van der Waals surface area (Å²) < 4.78 is 9.86. The van der Waals surface area contributed by atoms with E-state index in [2.05, 4.69) is 30.6 Å². The van der Waals surface area contributed by atoms with Crippen molar-refractivity contribution in [2.45, 2.75) is 6.61 Å². The molecule has 10 nitrogen and oxygen atoms in total. The Hall–Kier alpha value is -4.93. The third-order valence-corrected chi connectivity index (χ3v) is 5.53. The van der Waals surface area contributed by atoms with Crippen molar-refractivity contribution in [3.8, 4) is 33.6 Å². The molecule has 192 valence electrons. The predicted molar refractivity (Wildman–Crippen MR) is 143 cm³/mol. The standard InChI is InChI=1S/C26H19N5O4.C2H7N/c27-30-26(33)21-12-24(29-23-9-10-28-13-22(21)23)18-5-1-16(2-6-18)17-3-7-19(8-4-17)25-11-20(35-31-25)14-34-15-32;1-3-2/h1-13,15H,14,27H2,(H,30,33);3H,1-2H3. The normalized spacial score (nSPS) is 10.4. The number of aromatic nitrogens is 3. The second-order valence-corrected chi connectivity index (χ2v) is 8.16. The van der Waals surface area contributed by atoms with E-state index in [1.807, 2.05) is 62.6 Å². The highest BCUT2D eigenvalue weighted by molar-refractivity contribution is 6.06. The molecule has 1 amide bonds. The van der Waals surface area contributed by atoms with E-state index in [4.69, 9.17) is 10.4 Å². The van der Waals surface area contributed by atoms with Crippen LogP contribution in [-0.4, -0.2) is 41.6 Å². The van der Waals surface area contributed by atoms with Crippen LogP contribution in [-0.2, 0) is 16.1 Å². The van der Waals surface area contributed by atoms with Crippen LogP contribution in [0.2, 0.25) is 0 Å². The minimum absolute atomic E-state index is 0.0439. The van der Waals surface area contributed by atoms with Gasteiger partial charge in [0.25, 0.3) is 12.4 Å². The van der Waals surface area contributed by atoms with Gasteiger partial charge in [0.1, 0.15) is 5.69 Å². The van der Waals surface area contributed by atoms with E-state index in [1.54, 1.807) is 30.6 Å². The Labute approximate surface area is 218 Å². The quantitative estimate of drug-likeness (QED) is 0.129. The zero-order valence-corrected chi connectivity index (χ0v) is 20.8. The number of nitrogens with zero attached hydrogens (tertiary/aromatic N) is 3. The molecule has 10 heteroatoms. The first kappa shape index (κ1) is 26.1. The van der Waals surface area contributed by atoms with Crippen molar-refractivity contribution < 1.29 is 18.8 Å². The number of benzene rings is 2. The Morgan fingerprint density at radius 3 is 2.16 bits per heavy atom. The number of pyridine rings is 2. The van der Waals surface area contributed by atoms with Crippen LogP contribution in [0.1, 0.15) is 16.1 Å². The van der Waals surface area contributed by atoms with Crippen LogP contribution in [0, 0.1) is 0 Å². The summed E-state index contributed by atoms with van der Waals surface area (Å²) in [5.41, 5.74) is 8.35. The van der Waals surface area contributed by atoms with E-state index < -0.39 is 5.91 Å². The Morgan fingerprint density at radius 1 is 0.947 bits per heavy atom. The van der Waals surface area contributed by atoms with Crippen LogP contribution in [0.3, 0.4) is 0 Å². The van der Waals surface area contributed by atoms with E-state index in [0.29, 0.717) is 40.1 Å². The maximum absolute atomic E-state index is 12.3. The van der Waals surface area contributed by atoms with Gasteiger partial charge in [0.05, 0.1) is 16.8 Å². The van der Waals surface area contributed by atoms with Gasteiger partial charge in [0.2, 0.25) is 0 Å². The molecule has 0 atom stereocenters. The molecular formula is C28H26N6O4. The van der Waals surface area contributed by atoms with Crippen molar-refractivity contribution in [3.05, 3.63) is 90.4 Å². The second kappa shape index (κ2) is 12.3. The number of hydrogen-bond acceptors (Lipinski definition) is 9. The van der Waals surface area contributed by atoms with Gasteiger partial charge < -0.3 is 14.6 Å². The number of nitrogens with one attached hydrogen (secondary N) is 2. The summed E-state index contributed by atoms with van der Waals surface area (Å²) in [6.45, 7) is 0.411. The van der Waals surface area contributed by atoms with Crippen molar-refractivity contribution >= 4 is 23.3 Å². The summed E-state index contributed by atoms with van der Waals surface area (Å²) in [7, 11) is 3.75. The number of carbonyl (C=O) groups is 2. The molecule has 0 saturated heterocycles. The van der Waals surface area contributed by atoms with E-state index in [1.165, 1.54) is 0 Å². The topological polar surface area (TPSA) is 145 Å². The summed E-state index contributed by atoms with van der Waals surface area (Å²) in [5, 5.41) is 7.40. The van der Waals surface area contributed by atoms with Crippen LogP contribution >= 0.6 is 0 Å². The maximum Gasteiger partial charge on any atom is 0.293 e. The van der Waals surface area contributed by atoms with Gasteiger partial charge >= 0.3 is 0 Å². The van der Waals surface area contributed by atoms with Crippen molar-refractivity contribution in [2.75, 3.05) is 14.1 Å². The molecule has 0 aliphatic carbocycles. The maximum atomic E-state index is 12.3. The number of amides is 1. The third kappa shape index (κ3) is 5.89. The Balaban J connectivity index is 0.00000107. The number of ether oxygens (including phenoxy) is 1. The molecule has 0 bridgehead atoms. The number of nitrogens with two attached hydrogens (primary N) is 1. The molecule has 3 heterocycles. The molecule has 0 radical (unpaired) electrons. The van der Waals surface area contributed by atoms with Gasteiger partial charge in [-0.3, -0.25) is 20.0 Å². The zero-order chi connectivity index (χ0) is 26.9. The number of hydrazine groups is 1. The lowest BCUT2D eigenvalue weighted by Gasteiger charge is -2.09. The van der Waals surface area contributed by atoms with Gasteiger partial charge in [0, 0.05) is 35.0 Å². The Kier molecular flexibility index (Phi) is 8.50. The average molecular weight is 511 g/mol. The van der Waals surface area contributed by atoms with Crippen LogP contribution in [0.15, 0.2) is 83.6 Å². The van der Waals surface area contributed by atoms with E-state index >= 15 is 0 Å². The lowest BCUT2D eigenvalue weighted by Crippen LogP contribution is -2.30. The molecular weight excluding hydrogens is 484 g/mol. The summed E-state index contributed by atoms with van der Waals surface area (Å²) in [5.74, 6) is 5.43. The molecule has 0 fully saturated rings. The SMILES string of the molecule is CNC.NNC(=O)c1cc(-c2ccc(-c3ccc(-c4cc(COC=O)on4)cc3)cc2)nc2ccncc12. The number of carbonyl (C=O) groups excluding carboxylic acids is 2. The van der Waals surface area contributed by atoms with Crippen molar-refractivity contribution in [1.29, 1.82) is 0 Å². The fraction of sp³-hybridized carbons (Fsp3) is 0.107. The lowest BCUT2D eigenvalue weighted by atomic mass is 9.99. The monoisotopic (exact) mass is 510 g/mol. The average Bonchev–Trinajstić information content (AvgIpc) is 3.45. The number of fused-ring (bicyclic) bond motifs is 1. The molecule has 0 spiro atoms. The molecule has 4 N–H and O–H groups in total. The zero-order valence-electron chi connectivity index (χ0n) is 20.8. The lowest BCUT2D eigenvalue weighted by molar-refractivity contribution is -0.130. The predicted octanol–water partition coefficient (Wildman–Crippen LogP) is 3.73. The molecule has 5 aromatic rings. The van der Waals surface area contributed by atoms with Gasteiger partial charge in [-0.1, -0.05) is 53.7 Å². The van der Waals surface area contributed by atoms with Crippen LogP contribution in [0.25, 0.3) is 44.5 Å². The summed E-state index contributed by atoms with van der Waals surface area (Å²) >= 11 is 0. The Bertz CT molecular complexity index is 1530. The highest BCUT2D eigenvalue weighted by Gasteiger charge is 2.14. The minimum Gasteiger partial charge on any atom is -0.460 e. The van der Waals surface area contributed by atoms with Crippen LogP contribution in [0.5, 0.6) is 0 Å². The number of rotatable bonds is 7. The molecule has 0 saturated carbocycles. The minimum atomic E-state index is -0.404. The van der Waals surface area contributed by atoms with Crippen molar-refractivity contribution in [3.63, 3.8) is 0 Å². The van der Waals surface area contributed by atoms with Gasteiger partial charge in [-0.2, -0.15) is 0 Å². The summed E-state index contributed by atoms with van der Waals surface area (Å²) in [4.78, 5) is 31.4. The summed E-state index contributed by atoms with van der Waals surface area (Å²) in [6.07, 6.45) is 3.23. The third-order valence-electron chi connectivity index (χ3n) is 5.53. The first-order valence-electron chi connectivity index (χ1n) is 11.6. The molecule has 38 heavy (non-hydrogen) atoms. The fourth-order valence-electron chi connectivity index (χ4n) is 3.78. The Morgan fingerprint density at radius 2 is 1.55 bits per heavy atom. The van der Waals surface area contributed by atoms with E-state index in [-0.39, 0.29) is 6.61 Å². The largest absolute Gasteiger partial charge is 0.460 e. The second-order valence-electron chi connectivity index (χ2n) is 8.16. The van der Waals surface area contributed by atoms with Crippen molar-refractivity contribution in [2.24, 2.45) is 5.84 Å². The van der Waals surface area contributed by atoms with Gasteiger partial charge in [-0.25, -0.2) is 10.8 Å². The highest BCUT2D eigenvalue weighted by Crippen LogP contribution is 2.29. The first-order valence-corrected chi connectivity index (χ1v) is 11.6. The molecule has 0 unspecified atom stereocenters. The van der Waals surface area contributed by atoms with Crippen LogP contribution < -0.4 is 16.6 Å². The van der Waals surface area contributed by atoms with Crippen molar-refractivity contribution in [1.82, 2.24) is 25.9 Å². The van der Waals surface area contributed by atoms with Gasteiger partial charge in [-0.05, 0) is 37.4 Å². The molecule has 0 aliphatic heterocycles. The highest BCUT2D eigenvalue weighted by atomic mass is 16.5. The van der Waals surface area contributed by atoms with Crippen LogP contribution in [0.4, 0.5) is 0 Å². The smallest absolute Gasteiger partial charge is 0.293 e. The van der Waals surface area contributed by atoms with Gasteiger partial charge in [-0.15, -0.1) is 0 Å². The fourth-order valence-corrected chi connectivity index (χ4v) is 3.78. The first-order chi connectivity index (χ1) is 18.6. The molecule has 3 aromatic heterocycles. The summed E-state index contributed by atoms with van der Waals surface area (Å²) in [6, 6.07) is 21.0. The number of hydrogen-bond donors (Lipinski definition) is 3. The molecule has 0 aliphatic rings. The number of nitrogen functional groups attached to an aromatic ring is 1. The molecule has 2 aromatic carbocycles. The molecule has 5 rings (SSSR count). The van der Waals surface area contributed by atoms with Gasteiger partial charge in [0.15, 0.2) is 12.4 Å². The van der Waals surface area contributed by atoms with E-state index in [9.17, 15) is 9.59 Å².